The van der Waals surface area contributed by atoms with Crippen LogP contribution in [0.5, 0.6) is 0 Å². The first-order valence-electron chi connectivity index (χ1n) is 4.88. The van der Waals surface area contributed by atoms with Crippen LogP contribution < -0.4 is 5.32 Å². The van der Waals surface area contributed by atoms with Gasteiger partial charge in [0.2, 0.25) is 0 Å². The minimum absolute atomic E-state index is 0.147. The van der Waals surface area contributed by atoms with Crippen LogP contribution in [0.4, 0.5) is 4.39 Å². The Morgan fingerprint density at radius 1 is 1.36 bits per heavy atom. The monoisotopic (exact) mass is 195 g/mol. The number of hydrogen-bond acceptors (Lipinski definition) is 2. The number of halogens is 1. The van der Waals surface area contributed by atoms with Gasteiger partial charge in [-0.15, -0.1) is 0 Å². The van der Waals surface area contributed by atoms with E-state index in [-0.39, 0.29) is 18.0 Å². The van der Waals surface area contributed by atoms with Gasteiger partial charge in [-0.25, -0.2) is 4.39 Å². The fraction of sp³-hybridized carbons (Fsp3) is 0.455. The SMILES string of the molecule is CC1OCCN[C@H]1c1ccc(F)cc1. The van der Waals surface area contributed by atoms with Gasteiger partial charge in [0.05, 0.1) is 18.8 Å². The van der Waals surface area contributed by atoms with E-state index >= 15 is 0 Å². The molecule has 1 unspecified atom stereocenters. The molecule has 76 valence electrons. The molecule has 1 aromatic rings. The minimum atomic E-state index is -0.196. The van der Waals surface area contributed by atoms with Gasteiger partial charge in [-0.1, -0.05) is 12.1 Å². The van der Waals surface area contributed by atoms with Crippen molar-refractivity contribution in [2.75, 3.05) is 13.2 Å². The number of ether oxygens (including phenoxy) is 1. The smallest absolute Gasteiger partial charge is 0.123 e. The summed E-state index contributed by atoms with van der Waals surface area (Å²) < 4.78 is 18.2. The highest BCUT2D eigenvalue weighted by molar-refractivity contribution is 5.21. The molecule has 1 N–H and O–H groups in total. The molecule has 0 spiro atoms. The van der Waals surface area contributed by atoms with Crippen molar-refractivity contribution in [1.29, 1.82) is 0 Å². The lowest BCUT2D eigenvalue weighted by Gasteiger charge is -2.30. The fourth-order valence-corrected chi connectivity index (χ4v) is 1.78. The van der Waals surface area contributed by atoms with Crippen molar-refractivity contribution in [3.63, 3.8) is 0 Å². The van der Waals surface area contributed by atoms with Gasteiger partial charge < -0.3 is 10.1 Å². The Bertz CT molecular complexity index is 299. The van der Waals surface area contributed by atoms with Crippen LogP contribution in [0.15, 0.2) is 24.3 Å². The molecule has 2 nitrogen and oxygen atoms in total. The van der Waals surface area contributed by atoms with Crippen molar-refractivity contribution in [1.82, 2.24) is 5.32 Å². The Kier molecular flexibility index (Phi) is 2.79. The second-order valence-electron chi connectivity index (χ2n) is 3.56. The summed E-state index contributed by atoms with van der Waals surface area (Å²) in [4.78, 5) is 0. The molecule has 1 aliphatic heterocycles. The van der Waals surface area contributed by atoms with E-state index in [0.717, 1.165) is 18.7 Å². The van der Waals surface area contributed by atoms with E-state index in [1.165, 1.54) is 12.1 Å². The molecule has 2 atom stereocenters. The molecule has 1 aliphatic rings. The van der Waals surface area contributed by atoms with Crippen LogP contribution in [0.2, 0.25) is 0 Å². The summed E-state index contributed by atoms with van der Waals surface area (Å²) in [7, 11) is 0. The predicted molar refractivity (Wildman–Crippen MR) is 52.6 cm³/mol. The van der Waals surface area contributed by atoms with Gasteiger partial charge in [0.25, 0.3) is 0 Å². The second kappa shape index (κ2) is 4.07. The quantitative estimate of drug-likeness (QED) is 0.738. The number of nitrogens with one attached hydrogen (secondary N) is 1. The van der Waals surface area contributed by atoms with E-state index in [1.54, 1.807) is 12.1 Å². The second-order valence-corrected chi connectivity index (χ2v) is 3.56. The molecule has 14 heavy (non-hydrogen) atoms. The highest BCUT2D eigenvalue weighted by atomic mass is 19.1. The molecule has 1 heterocycles. The maximum atomic E-state index is 12.7. The Balaban J connectivity index is 2.16. The molecular weight excluding hydrogens is 181 g/mol. The van der Waals surface area contributed by atoms with Gasteiger partial charge in [-0.05, 0) is 24.6 Å². The molecule has 0 aliphatic carbocycles. The molecule has 0 radical (unpaired) electrons. The normalized spacial score (nSPS) is 27.6. The molecule has 2 rings (SSSR count). The molecule has 0 saturated carbocycles. The Labute approximate surface area is 83.1 Å². The van der Waals surface area contributed by atoms with Crippen LogP contribution in [-0.4, -0.2) is 19.3 Å². The first-order valence-corrected chi connectivity index (χ1v) is 4.88. The van der Waals surface area contributed by atoms with Gasteiger partial charge in [0.1, 0.15) is 5.82 Å². The molecule has 1 fully saturated rings. The van der Waals surface area contributed by atoms with E-state index in [0.29, 0.717) is 0 Å². The van der Waals surface area contributed by atoms with E-state index in [1.807, 2.05) is 6.92 Å². The van der Waals surface area contributed by atoms with Gasteiger partial charge in [0, 0.05) is 6.54 Å². The molecule has 1 aromatic carbocycles. The molecule has 0 bridgehead atoms. The van der Waals surface area contributed by atoms with Crippen LogP contribution in [0.3, 0.4) is 0 Å². The highest BCUT2D eigenvalue weighted by Crippen LogP contribution is 2.21. The molecule has 0 aromatic heterocycles. The number of morpholine rings is 1. The topological polar surface area (TPSA) is 21.3 Å². The van der Waals surface area contributed by atoms with Gasteiger partial charge in [-0.2, -0.15) is 0 Å². The van der Waals surface area contributed by atoms with Crippen LogP contribution in [-0.2, 0) is 4.74 Å². The summed E-state index contributed by atoms with van der Waals surface area (Å²) >= 11 is 0. The number of benzene rings is 1. The Hall–Kier alpha value is -0.930. The zero-order valence-corrected chi connectivity index (χ0v) is 8.16. The van der Waals surface area contributed by atoms with Gasteiger partial charge in [0.15, 0.2) is 0 Å². The maximum Gasteiger partial charge on any atom is 0.123 e. The minimum Gasteiger partial charge on any atom is -0.375 e. The van der Waals surface area contributed by atoms with Crippen molar-refractivity contribution >= 4 is 0 Å². The zero-order chi connectivity index (χ0) is 9.97. The average Bonchev–Trinajstić information content (AvgIpc) is 2.20. The third kappa shape index (κ3) is 1.94. The van der Waals surface area contributed by atoms with Crippen molar-refractivity contribution in [3.8, 4) is 0 Å². The first-order chi connectivity index (χ1) is 6.77. The van der Waals surface area contributed by atoms with E-state index < -0.39 is 0 Å². The van der Waals surface area contributed by atoms with E-state index in [2.05, 4.69) is 5.32 Å². The fourth-order valence-electron chi connectivity index (χ4n) is 1.78. The maximum absolute atomic E-state index is 12.7. The molecular formula is C11H14FNO. The van der Waals surface area contributed by atoms with Crippen LogP contribution in [0.25, 0.3) is 0 Å². The van der Waals surface area contributed by atoms with Gasteiger partial charge in [-0.3, -0.25) is 0 Å². The third-order valence-corrected chi connectivity index (χ3v) is 2.55. The van der Waals surface area contributed by atoms with Crippen LogP contribution in [0, 0.1) is 5.82 Å². The standard InChI is InChI=1S/C11H14FNO/c1-8-11(13-6-7-14-8)9-2-4-10(12)5-3-9/h2-5,8,11,13H,6-7H2,1H3/t8?,11-/m1/s1. The summed E-state index contributed by atoms with van der Waals surface area (Å²) in [5, 5.41) is 3.36. The summed E-state index contributed by atoms with van der Waals surface area (Å²) in [5.74, 6) is -0.196. The van der Waals surface area contributed by atoms with Crippen LogP contribution >= 0.6 is 0 Å². The summed E-state index contributed by atoms with van der Waals surface area (Å²) in [6.45, 7) is 3.63. The summed E-state index contributed by atoms with van der Waals surface area (Å²) in [5.41, 5.74) is 1.08. The Morgan fingerprint density at radius 2 is 2.07 bits per heavy atom. The van der Waals surface area contributed by atoms with Crippen LogP contribution in [0.1, 0.15) is 18.5 Å². The van der Waals surface area contributed by atoms with Crippen molar-refractivity contribution < 1.29 is 9.13 Å². The van der Waals surface area contributed by atoms with E-state index in [4.69, 9.17) is 4.74 Å². The van der Waals surface area contributed by atoms with Crippen molar-refractivity contribution in [2.24, 2.45) is 0 Å². The predicted octanol–water partition coefficient (Wildman–Crippen LogP) is 1.88. The lowest BCUT2D eigenvalue weighted by atomic mass is 10.0. The average molecular weight is 195 g/mol. The number of rotatable bonds is 1. The Morgan fingerprint density at radius 3 is 2.71 bits per heavy atom. The summed E-state index contributed by atoms with van der Waals surface area (Å²) in [6.07, 6.45) is 0.147. The third-order valence-electron chi connectivity index (χ3n) is 2.55. The first kappa shape index (κ1) is 9.62. The summed E-state index contributed by atoms with van der Waals surface area (Å²) in [6, 6.07) is 6.76. The lowest BCUT2D eigenvalue weighted by molar-refractivity contribution is 0.00754. The molecule has 1 saturated heterocycles. The van der Waals surface area contributed by atoms with Crippen molar-refractivity contribution in [2.45, 2.75) is 19.1 Å². The lowest BCUT2D eigenvalue weighted by Crippen LogP contribution is -2.40. The number of hydrogen-bond donors (Lipinski definition) is 1. The largest absolute Gasteiger partial charge is 0.375 e. The van der Waals surface area contributed by atoms with E-state index in [9.17, 15) is 4.39 Å². The zero-order valence-electron chi connectivity index (χ0n) is 8.16. The van der Waals surface area contributed by atoms with Crippen molar-refractivity contribution in [3.05, 3.63) is 35.6 Å². The molecule has 0 amide bonds. The highest BCUT2D eigenvalue weighted by Gasteiger charge is 2.22. The molecule has 3 heteroatoms. The van der Waals surface area contributed by atoms with Gasteiger partial charge >= 0.3 is 0 Å².